The molecule has 0 saturated heterocycles. The highest BCUT2D eigenvalue weighted by Gasteiger charge is 2.12. The number of rotatable bonds is 2. The summed E-state index contributed by atoms with van der Waals surface area (Å²) in [5.74, 6) is -0.165. The van der Waals surface area contributed by atoms with Gasteiger partial charge in [-0.1, -0.05) is 13.8 Å². The molecule has 0 saturated carbocycles. The zero-order valence-corrected chi connectivity index (χ0v) is 7.26. The topological polar surface area (TPSA) is 91.9 Å². The lowest BCUT2D eigenvalue weighted by Gasteiger charge is -1.93. The van der Waals surface area contributed by atoms with Gasteiger partial charge in [-0.3, -0.25) is 4.79 Å². The van der Waals surface area contributed by atoms with Crippen molar-refractivity contribution in [3.8, 4) is 0 Å². The molecule has 0 N–H and O–H groups in total. The maximum Gasteiger partial charge on any atom is 0.270 e. The van der Waals surface area contributed by atoms with Gasteiger partial charge in [0, 0.05) is 10.8 Å². The number of azide groups is 1. The number of oxazole rings is 1. The molecule has 6 nitrogen and oxygen atoms in total. The van der Waals surface area contributed by atoms with E-state index in [1.165, 1.54) is 6.26 Å². The molecule has 6 heteroatoms. The Morgan fingerprint density at radius 1 is 1.77 bits per heavy atom. The lowest BCUT2D eigenvalue weighted by atomic mass is 10.2. The van der Waals surface area contributed by atoms with E-state index < -0.39 is 5.91 Å². The summed E-state index contributed by atoms with van der Waals surface area (Å²) in [6, 6.07) is 0. The minimum absolute atomic E-state index is 0.0431. The number of carbonyl (C=O) groups excluding carboxylic acids is 1. The molecule has 0 fully saturated rings. The van der Waals surface area contributed by atoms with Crippen molar-refractivity contribution in [1.29, 1.82) is 0 Å². The van der Waals surface area contributed by atoms with Gasteiger partial charge in [-0.15, -0.1) is 0 Å². The standard InChI is InChI=1S/C7H8N4O2/c1-4(2)7-9-5(3-13-7)6(12)10-11-8/h3-4H,1-2H3. The molecule has 0 atom stereocenters. The van der Waals surface area contributed by atoms with Crippen molar-refractivity contribution in [3.05, 3.63) is 28.3 Å². The highest BCUT2D eigenvalue weighted by atomic mass is 16.3. The highest BCUT2D eigenvalue weighted by Crippen LogP contribution is 2.13. The van der Waals surface area contributed by atoms with Crippen LogP contribution in [0.2, 0.25) is 0 Å². The average molecular weight is 180 g/mol. The van der Waals surface area contributed by atoms with Gasteiger partial charge in [0.1, 0.15) is 6.26 Å². The van der Waals surface area contributed by atoms with Crippen LogP contribution >= 0.6 is 0 Å². The first kappa shape index (κ1) is 9.28. The summed E-state index contributed by atoms with van der Waals surface area (Å²) >= 11 is 0. The fourth-order valence-electron chi connectivity index (χ4n) is 0.743. The van der Waals surface area contributed by atoms with Crippen LogP contribution in [0.5, 0.6) is 0 Å². The van der Waals surface area contributed by atoms with Crippen LogP contribution in [-0.4, -0.2) is 10.9 Å². The maximum atomic E-state index is 10.9. The van der Waals surface area contributed by atoms with Crippen LogP contribution < -0.4 is 0 Å². The van der Waals surface area contributed by atoms with Gasteiger partial charge in [-0.05, 0) is 10.6 Å². The van der Waals surface area contributed by atoms with Crippen LogP contribution in [0.25, 0.3) is 10.4 Å². The van der Waals surface area contributed by atoms with Gasteiger partial charge in [-0.25, -0.2) is 4.98 Å². The highest BCUT2D eigenvalue weighted by molar-refractivity contribution is 5.92. The van der Waals surface area contributed by atoms with Gasteiger partial charge < -0.3 is 4.42 Å². The fourth-order valence-corrected chi connectivity index (χ4v) is 0.743. The van der Waals surface area contributed by atoms with Crippen molar-refractivity contribution in [2.45, 2.75) is 19.8 Å². The SMILES string of the molecule is CC(C)c1nc(C(=O)N=[N+]=[N-])co1. The minimum Gasteiger partial charge on any atom is -0.448 e. The second-order valence-corrected chi connectivity index (χ2v) is 2.72. The number of aromatic nitrogens is 1. The molecule has 1 aromatic heterocycles. The first-order valence-electron chi connectivity index (χ1n) is 3.70. The van der Waals surface area contributed by atoms with Gasteiger partial charge in [0.15, 0.2) is 11.6 Å². The van der Waals surface area contributed by atoms with Crippen molar-refractivity contribution in [3.63, 3.8) is 0 Å². The average Bonchev–Trinajstić information content (AvgIpc) is 2.52. The van der Waals surface area contributed by atoms with Crippen LogP contribution in [0.1, 0.15) is 36.1 Å². The summed E-state index contributed by atoms with van der Waals surface area (Å²) in [7, 11) is 0. The van der Waals surface area contributed by atoms with E-state index in [0.717, 1.165) is 0 Å². The van der Waals surface area contributed by atoms with Gasteiger partial charge >= 0.3 is 0 Å². The third-order valence-corrected chi connectivity index (χ3v) is 1.37. The number of hydrogen-bond acceptors (Lipinski definition) is 3. The molecule has 0 aliphatic heterocycles. The lowest BCUT2D eigenvalue weighted by molar-refractivity contribution is 0.0995. The summed E-state index contributed by atoms with van der Waals surface area (Å²) in [4.78, 5) is 17.1. The number of nitrogens with zero attached hydrogens (tertiary/aromatic N) is 4. The van der Waals surface area contributed by atoms with E-state index in [-0.39, 0.29) is 11.6 Å². The molecule has 1 heterocycles. The predicted octanol–water partition coefficient (Wildman–Crippen LogP) is 2.25. The Morgan fingerprint density at radius 3 is 2.92 bits per heavy atom. The number of hydrogen-bond donors (Lipinski definition) is 0. The summed E-state index contributed by atoms with van der Waals surface area (Å²) in [5.41, 5.74) is 8.04. The van der Waals surface area contributed by atoms with E-state index in [1.807, 2.05) is 13.8 Å². The second kappa shape index (κ2) is 3.73. The third-order valence-electron chi connectivity index (χ3n) is 1.37. The Balaban J connectivity index is 2.91. The molecule has 0 aliphatic rings. The van der Waals surface area contributed by atoms with E-state index in [2.05, 4.69) is 15.0 Å². The molecule has 0 radical (unpaired) electrons. The van der Waals surface area contributed by atoms with Gasteiger partial charge in [-0.2, -0.15) is 0 Å². The largest absolute Gasteiger partial charge is 0.448 e. The van der Waals surface area contributed by atoms with Crippen molar-refractivity contribution in [2.24, 2.45) is 5.11 Å². The van der Waals surface area contributed by atoms with Crippen LogP contribution in [0.4, 0.5) is 0 Å². The summed E-state index contributed by atoms with van der Waals surface area (Å²) < 4.78 is 4.98. The van der Waals surface area contributed by atoms with E-state index in [4.69, 9.17) is 9.95 Å². The molecule has 1 amide bonds. The van der Waals surface area contributed by atoms with Gasteiger partial charge in [0.25, 0.3) is 5.91 Å². The Morgan fingerprint density at radius 2 is 2.46 bits per heavy atom. The summed E-state index contributed by atoms with van der Waals surface area (Å²) in [5, 5.41) is 2.89. The van der Waals surface area contributed by atoms with Crippen LogP contribution in [0, 0.1) is 0 Å². The third kappa shape index (κ3) is 2.07. The number of carbonyl (C=O) groups is 1. The van der Waals surface area contributed by atoms with Crippen molar-refractivity contribution < 1.29 is 9.21 Å². The van der Waals surface area contributed by atoms with Crippen LogP contribution in [0.15, 0.2) is 15.8 Å². The smallest absolute Gasteiger partial charge is 0.270 e. The molecule has 0 aliphatic carbocycles. The van der Waals surface area contributed by atoms with Crippen LogP contribution in [0.3, 0.4) is 0 Å². The first-order valence-corrected chi connectivity index (χ1v) is 3.70. The Hall–Kier alpha value is -1.81. The lowest BCUT2D eigenvalue weighted by Crippen LogP contribution is -1.95. The normalized spacial score (nSPS) is 9.77. The van der Waals surface area contributed by atoms with Gasteiger partial charge in [0.2, 0.25) is 0 Å². The molecular weight excluding hydrogens is 172 g/mol. The van der Waals surface area contributed by atoms with E-state index in [0.29, 0.717) is 5.89 Å². The first-order chi connectivity index (χ1) is 6.15. The quantitative estimate of drug-likeness (QED) is 0.397. The minimum atomic E-state index is -0.724. The summed E-state index contributed by atoms with van der Waals surface area (Å²) in [6.07, 6.45) is 1.19. The Kier molecular flexibility index (Phi) is 2.66. The zero-order valence-electron chi connectivity index (χ0n) is 7.26. The van der Waals surface area contributed by atoms with Crippen LogP contribution in [-0.2, 0) is 0 Å². The zero-order chi connectivity index (χ0) is 9.84. The monoisotopic (exact) mass is 180 g/mol. The van der Waals surface area contributed by atoms with Crippen molar-refractivity contribution in [1.82, 2.24) is 4.98 Å². The van der Waals surface area contributed by atoms with Crippen molar-refractivity contribution in [2.75, 3.05) is 0 Å². The molecule has 13 heavy (non-hydrogen) atoms. The Labute approximate surface area is 74.2 Å². The maximum absolute atomic E-state index is 10.9. The van der Waals surface area contributed by atoms with E-state index in [9.17, 15) is 4.79 Å². The van der Waals surface area contributed by atoms with E-state index in [1.54, 1.807) is 0 Å². The van der Waals surface area contributed by atoms with E-state index >= 15 is 0 Å². The second-order valence-electron chi connectivity index (χ2n) is 2.72. The molecule has 1 aromatic rings. The van der Waals surface area contributed by atoms with Gasteiger partial charge in [0.05, 0.1) is 0 Å². The number of amides is 1. The Bertz CT molecular complexity index is 362. The predicted molar refractivity (Wildman–Crippen MR) is 44.1 cm³/mol. The molecule has 1 rings (SSSR count). The van der Waals surface area contributed by atoms with Crippen molar-refractivity contribution >= 4 is 5.91 Å². The summed E-state index contributed by atoms with van der Waals surface area (Å²) in [6.45, 7) is 3.77. The fraction of sp³-hybridized carbons (Fsp3) is 0.429. The molecule has 0 aromatic carbocycles. The molecule has 0 bridgehead atoms. The molecule has 68 valence electrons. The molecule has 0 unspecified atom stereocenters. The molecular formula is C7H8N4O2. The molecule has 0 spiro atoms.